The molecule has 0 spiro atoms. The van der Waals surface area contributed by atoms with Crippen LogP contribution in [0.2, 0.25) is 0 Å². The fourth-order valence-corrected chi connectivity index (χ4v) is 0.710. The van der Waals surface area contributed by atoms with Gasteiger partial charge in [0.25, 0.3) is 0 Å². The number of hydrogen-bond acceptors (Lipinski definition) is 2. The average Bonchev–Trinajstić information content (AvgIpc) is 1.88. The number of nitroso groups, excluding NO2 is 1. The van der Waals surface area contributed by atoms with E-state index in [0.717, 1.165) is 0 Å². The Bertz CT molecular complexity index is 237. The molecule has 10 heavy (non-hydrogen) atoms. The molecule has 2 nitrogen and oxygen atoms in total. The van der Waals surface area contributed by atoms with Gasteiger partial charge in [-0.1, -0.05) is 17.3 Å². The quantitative estimate of drug-likeness (QED) is 0.577. The van der Waals surface area contributed by atoms with Gasteiger partial charge < -0.3 is 0 Å². The third kappa shape index (κ3) is 1.62. The van der Waals surface area contributed by atoms with Crippen molar-refractivity contribution in [2.45, 2.75) is 6.54 Å². The van der Waals surface area contributed by atoms with E-state index in [9.17, 15) is 9.30 Å². The van der Waals surface area contributed by atoms with Crippen molar-refractivity contribution in [1.29, 1.82) is 0 Å². The molecule has 3 heteroatoms. The summed E-state index contributed by atoms with van der Waals surface area (Å²) in [5, 5.41) is 2.63. The minimum Gasteiger partial charge on any atom is -0.207 e. The van der Waals surface area contributed by atoms with Crippen LogP contribution in [0.5, 0.6) is 0 Å². The lowest BCUT2D eigenvalue weighted by molar-refractivity contribution is 0.625. The normalized spacial score (nSPS) is 9.30. The molecule has 0 amide bonds. The summed E-state index contributed by atoms with van der Waals surface area (Å²) in [7, 11) is 0. The van der Waals surface area contributed by atoms with Crippen molar-refractivity contribution < 1.29 is 4.39 Å². The summed E-state index contributed by atoms with van der Waals surface area (Å²) in [6.07, 6.45) is 0. The predicted octanol–water partition coefficient (Wildman–Crippen LogP) is 2.09. The summed E-state index contributed by atoms with van der Waals surface area (Å²) in [6, 6.07) is 5.83. The lowest BCUT2D eigenvalue weighted by Gasteiger charge is -1.91. The number of halogens is 1. The summed E-state index contributed by atoms with van der Waals surface area (Å²) in [4.78, 5) is 9.71. The summed E-state index contributed by atoms with van der Waals surface area (Å²) in [5.74, 6) is -0.332. The van der Waals surface area contributed by atoms with E-state index in [1.165, 1.54) is 12.1 Å². The number of hydrogen-bond donors (Lipinski definition) is 0. The molecule has 0 aromatic heterocycles. The van der Waals surface area contributed by atoms with Gasteiger partial charge in [-0.3, -0.25) is 0 Å². The molecule has 0 aliphatic carbocycles. The fraction of sp³-hybridized carbons (Fsp3) is 0.143. The fourth-order valence-electron chi connectivity index (χ4n) is 0.710. The van der Waals surface area contributed by atoms with Crippen LogP contribution >= 0.6 is 0 Å². The highest BCUT2D eigenvalue weighted by Gasteiger charge is 1.92. The van der Waals surface area contributed by atoms with Crippen molar-refractivity contribution in [3.8, 4) is 0 Å². The van der Waals surface area contributed by atoms with Crippen molar-refractivity contribution in [3.63, 3.8) is 0 Å². The molecule has 0 N–H and O–H groups in total. The van der Waals surface area contributed by atoms with Gasteiger partial charge in [-0.2, -0.15) is 4.91 Å². The largest absolute Gasteiger partial charge is 0.207 e. The molecule has 0 radical (unpaired) electrons. The molecule has 0 unspecified atom stereocenters. The molecule has 52 valence electrons. The van der Waals surface area contributed by atoms with Gasteiger partial charge in [-0.15, -0.1) is 0 Å². The molecule has 0 saturated heterocycles. The van der Waals surface area contributed by atoms with E-state index in [1.54, 1.807) is 12.1 Å². The zero-order valence-electron chi connectivity index (χ0n) is 5.25. The van der Waals surface area contributed by atoms with Crippen LogP contribution in [-0.2, 0) is 6.54 Å². The Kier molecular flexibility index (Phi) is 2.10. The first-order valence-corrected chi connectivity index (χ1v) is 2.86. The Morgan fingerprint density at radius 2 is 2.30 bits per heavy atom. The molecular formula is C7H6FNO. The molecule has 0 atom stereocenters. The molecule has 1 aromatic rings. The van der Waals surface area contributed by atoms with Gasteiger partial charge >= 0.3 is 0 Å². The third-order valence-corrected chi connectivity index (χ3v) is 1.14. The second kappa shape index (κ2) is 3.06. The van der Waals surface area contributed by atoms with Gasteiger partial charge in [0, 0.05) is 0 Å². The molecule has 0 fully saturated rings. The second-order valence-corrected chi connectivity index (χ2v) is 1.92. The van der Waals surface area contributed by atoms with Gasteiger partial charge in [0.05, 0.1) is 0 Å². The van der Waals surface area contributed by atoms with Gasteiger partial charge in [-0.05, 0) is 17.7 Å². The van der Waals surface area contributed by atoms with Gasteiger partial charge in [0.15, 0.2) is 0 Å². The molecule has 0 bridgehead atoms. The molecule has 1 aromatic carbocycles. The van der Waals surface area contributed by atoms with E-state index >= 15 is 0 Å². The SMILES string of the molecule is O=NCc1cccc(F)c1. The second-order valence-electron chi connectivity index (χ2n) is 1.92. The maximum absolute atomic E-state index is 12.3. The van der Waals surface area contributed by atoms with Crippen LogP contribution in [-0.4, -0.2) is 0 Å². The Morgan fingerprint density at radius 3 is 2.90 bits per heavy atom. The Morgan fingerprint density at radius 1 is 1.50 bits per heavy atom. The summed E-state index contributed by atoms with van der Waals surface area (Å²) >= 11 is 0. The van der Waals surface area contributed by atoms with Gasteiger partial charge in [0.1, 0.15) is 12.4 Å². The van der Waals surface area contributed by atoms with Crippen molar-refractivity contribution in [2.24, 2.45) is 5.18 Å². The minimum absolute atomic E-state index is 0.0394. The van der Waals surface area contributed by atoms with Crippen molar-refractivity contribution in [3.05, 3.63) is 40.6 Å². The highest BCUT2D eigenvalue weighted by molar-refractivity contribution is 5.15. The first-order chi connectivity index (χ1) is 4.83. The average molecular weight is 139 g/mol. The van der Waals surface area contributed by atoms with Crippen molar-refractivity contribution >= 4 is 0 Å². The topological polar surface area (TPSA) is 29.4 Å². The van der Waals surface area contributed by atoms with Crippen molar-refractivity contribution in [2.75, 3.05) is 0 Å². The van der Waals surface area contributed by atoms with Crippen LogP contribution in [0.1, 0.15) is 5.56 Å². The molecular weight excluding hydrogens is 133 g/mol. The van der Waals surface area contributed by atoms with Crippen LogP contribution in [0.4, 0.5) is 4.39 Å². The van der Waals surface area contributed by atoms with Crippen LogP contribution in [0, 0.1) is 10.7 Å². The van der Waals surface area contributed by atoms with Crippen LogP contribution < -0.4 is 0 Å². The molecule has 0 aliphatic rings. The van der Waals surface area contributed by atoms with Gasteiger partial charge in [-0.25, -0.2) is 4.39 Å². The molecule has 0 aliphatic heterocycles. The smallest absolute Gasteiger partial charge is 0.123 e. The van der Waals surface area contributed by atoms with Crippen LogP contribution in [0.25, 0.3) is 0 Å². The Labute approximate surface area is 57.7 Å². The lowest BCUT2D eigenvalue weighted by Crippen LogP contribution is -1.80. The maximum atomic E-state index is 12.3. The monoisotopic (exact) mass is 139 g/mol. The van der Waals surface area contributed by atoms with E-state index in [2.05, 4.69) is 5.18 Å². The first kappa shape index (κ1) is 6.86. The highest BCUT2D eigenvalue weighted by Crippen LogP contribution is 2.03. The minimum atomic E-state index is -0.332. The molecule has 0 saturated carbocycles. The predicted molar refractivity (Wildman–Crippen MR) is 35.9 cm³/mol. The Hall–Kier alpha value is -1.25. The zero-order valence-corrected chi connectivity index (χ0v) is 5.25. The molecule has 0 heterocycles. The standard InChI is InChI=1S/C7H6FNO/c8-7-3-1-2-6(4-7)5-9-10/h1-4H,5H2. The number of benzene rings is 1. The summed E-state index contributed by atoms with van der Waals surface area (Å²) in [6.45, 7) is 0.0394. The van der Waals surface area contributed by atoms with E-state index in [-0.39, 0.29) is 12.4 Å². The van der Waals surface area contributed by atoms with E-state index < -0.39 is 0 Å². The Balaban J connectivity index is 2.84. The van der Waals surface area contributed by atoms with E-state index in [0.29, 0.717) is 5.56 Å². The maximum Gasteiger partial charge on any atom is 0.123 e. The highest BCUT2D eigenvalue weighted by atomic mass is 19.1. The third-order valence-electron chi connectivity index (χ3n) is 1.14. The van der Waals surface area contributed by atoms with Crippen molar-refractivity contribution in [1.82, 2.24) is 0 Å². The van der Waals surface area contributed by atoms with Crippen LogP contribution in [0.3, 0.4) is 0 Å². The summed E-state index contributed by atoms with van der Waals surface area (Å²) in [5.41, 5.74) is 0.606. The lowest BCUT2D eigenvalue weighted by atomic mass is 10.2. The molecule has 1 rings (SSSR count). The van der Waals surface area contributed by atoms with Gasteiger partial charge in [0.2, 0.25) is 0 Å². The number of nitrogens with zero attached hydrogens (tertiary/aromatic N) is 1. The first-order valence-electron chi connectivity index (χ1n) is 2.86. The summed E-state index contributed by atoms with van der Waals surface area (Å²) < 4.78 is 12.3. The van der Waals surface area contributed by atoms with E-state index in [4.69, 9.17) is 0 Å². The number of rotatable bonds is 2. The zero-order chi connectivity index (χ0) is 7.40. The van der Waals surface area contributed by atoms with Crippen LogP contribution in [0.15, 0.2) is 29.4 Å². The van der Waals surface area contributed by atoms with E-state index in [1.807, 2.05) is 0 Å².